The molecule has 1 heterocycles. The number of ether oxygens (including phenoxy) is 1. The van der Waals surface area contributed by atoms with Crippen molar-refractivity contribution in [1.82, 2.24) is 10.6 Å². The highest BCUT2D eigenvalue weighted by Crippen LogP contribution is 2.26. The van der Waals surface area contributed by atoms with Crippen LogP contribution in [0.15, 0.2) is 30.6 Å². The lowest BCUT2D eigenvalue weighted by Crippen LogP contribution is -2.50. The first-order chi connectivity index (χ1) is 9.01. The zero-order valence-corrected chi connectivity index (χ0v) is 10.4. The van der Waals surface area contributed by atoms with E-state index in [1.165, 1.54) is 13.2 Å². The maximum absolute atomic E-state index is 11.7. The molecule has 19 heavy (non-hydrogen) atoms. The second-order valence-corrected chi connectivity index (χ2v) is 4.21. The minimum Gasteiger partial charge on any atom is -0.508 e. The van der Waals surface area contributed by atoms with Crippen LogP contribution < -0.4 is 15.4 Å². The summed E-state index contributed by atoms with van der Waals surface area (Å²) < 4.78 is 4.97. The molecule has 2 amide bonds. The summed E-state index contributed by atoms with van der Waals surface area (Å²) in [5, 5.41) is 14.7. The Hall–Kier alpha value is -2.50. The van der Waals surface area contributed by atoms with Gasteiger partial charge in [0.25, 0.3) is 0 Å². The number of hydrogen-bond donors (Lipinski definition) is 3. The van der Waals surface area contributed by atoms with E-state index in [1.807, 2.05) is 0 Å². The highest BCUT2D eigenvalue weighted by atomic mass is 16.5. The summed E-state index contributed by atoms with van der Waals surface area (Å²) in [6.07, 6.45) is 0.112. The fraction of sp³-hybridized carbons (Fsp3) is 0.231. The zero-order chi connectivity index (χ0) is 14.0. The van der Waals surface area contributed by atoms with Gasteiger partial charge < -0.3 is 20.5 Å². The Morgan fingerprint density at radius 1 is 1.32 bits per heavy atom. The predicted octanol–water partition coefficient (Wildman–Crippen LogP) is 0.277. The smallest absolute Gasteiger partial charge is 0.238 e. The number of hydrogen-bond acceptors (Lipinski definition) is 4. The molecule has 0 aliphatic carbocycles. The van der Waals surface area contributed by atoms with Gasteiger partial charge in [-0.25, -0.2) is 0 Å². The van der Waals surface area contributed by atoms with Crippen LogP contribution in [0.3, 0.4) is 0 Å². The first-order valence-electron chi connectivity index (χ1n) is 5.67. The number of amides is 2. The van der Waals surface area contributed by atoms with Crippen LogP contribution in [0, 0.1) is 5.92 Å². The minimum atomic E-state index is -0.884. The molecule has 1 aliphatic rings. The summed E-state index contributed by atoms with van der Waals surface area (Å²) in [4.78, 5) is 23.4. The molecule has 0 atom stereocenters. The normalized spacial score (nSPS) is 15.9. The molecule has 1 saturated heterocycles. The van der Waals surface area contributed by atoms with E-state index < -0.39 is 17.7 Å². The molecule has 0 saturated carbocycles. The van der Waals surface area contributed by atoms with Crippen LogP contribution in [-0.4, -0.2) is 24.0 Å². The summed E-state index contributed by atoms with van der Waals surface area (Å²) in [6, 6.07) is 4.72. The van der Waals surface area contributed by atoms with E-state index in [0.29, 0.717) is 11.3 Å². The summed E-state index contributed by atoms with van der Waals surface area (Å²) in [5.41, 5.74) is 0.503. The summed E-state index contributed by atoms with van der Waals surface area (Å²) >= 11 is 0. The topological polar surface area (TPSA) is 87.7 Å². The van der Waals surface area contributed by atoms with Gasteiger partial charge in [0.05, 0.1) is 7.11 Å². The number of nitrogens with one attached hydrogen (secondary N) is 2. The van der Waals surface area contributed by atoms with E-state index >= 15 is 0 Å². The predicted molar refractivity (Wildman–Crippen MR) is 67.3 cm³/mol. The van der Waals surface area contributed by atoms with Crippen molar-refractivity contribution in [2.75, 3.05) is 7.11 Å². The SMILES string of the molecule is C=C1NC(=O)C(Cc2ccc(OC)cc2O)C(=O)N1. The number of aromatic hydroxyl groups is 1. The Morgan fingerprint density at radius 2 is 1.95 bits per heavy atom. The summed E-state index contributed by atoms with van der Waals surface area (Å²) in [5.74, 6) is -1.07. The summed E-state index contributed by atoms with van der Waals surface area (Å²) in [7, 11) is 1.49. The minimum absolute atomic E-state index is 0.00986. The third-order valence-electron chi connectivity index (χ3n) is 2.90. The van der Waals surface area contributed by atoms with E-state index in [-0.39, 0.29) is 18.0 Å². The molecule has 3 N–H and O–H groups in total. The molecule has 1 aromatic carbocycles. The number of rotatable bonds is 3. The maximum atomic E-state index is 11.7. The van der Waals surface area contributed by atoms with Crippen LogP contribution in [0.1, 0.15) is 5.56 Å². The van der Waals surface area contributed by atoms with Crippen molar-refractivity contribution in [2.24, 2.45) is 5.92 Å². The van der Waals surface area contributed by atoms with Crippen molar-refractivity contribution in [2.45, 2.75) is 6.42 Å². The van der Waals surface area contributed by atoms with E-state index in [0.717, 1.165) is 0 Å². The van der Waals surface area contributed by atoms with E-state index in [1.54, 1.807) is 12.1 Å². The van der Waals surface area contributed by atoms with Crippen LogP contribution in [0.25, 0.3) is 0 Å². The molecule has 0 unspecified atom stereocenters. The van der Waals surface area contributed by atoms with Crippen molar-refractivity contribution in [3.63, 3.8) is 0 Å². The fourth-order valence-corrected chi connectivity index (χ4v) is 1.87. The number of phenolic OH excluding ortho intramolecular Hbond substituents is 1. The molecule has 0 spiro atoms. The molecule has 0 radical (unpaired) electrons. The molecule has 1 aromatic rings. The Kier molecular flexibility index (Phi) is 3.41. The van der Waals surface area contributed by atoms with Gasteiger partial charge in [0.1, 0.15) is 23.2 Å². The first kappa shape index (κ1) is 12.9. The highest BCUT2D eigenvalue weighted by molar-refractivity contribution is 6.04. The van der Waals surface area contributed by atoms with Crippen LogP contribution >= 0.6 is 0 Å². The van der Waals surface area contributed by atoms with Gasteiger partial charge in [-0.15, -0.1) is 0 Å². The Bertz CT molecular complexity index is 534. The van der Waals surface area contributed by atoms with E-state index in [9.17, 15) is 14.7 Å². The lowest BCUT2D eigenvalue weighted by atomic mass is 9.95. The van der Waals surface area contributed by atoms with Crippen LogP contribution in [0.5, 0.6) is 11.5 Å². The molecule has 1 aliphatic heterocycles. The van der Waals surface area contributed by atoms with Crippen LogP contribution in [-0.2, 0) is 16.0 Å². The van der Waals surface area contributed by atoms with Gasteiger partial charge in [-0.2, -0.15) is 0 Å². The molecule has 6 nitrogen and oxygen atoms in total. The largest absolute Gasteiger partial charge is 0.508 e. The van der Waals surface area contributed by atoms with Gasteiger partial charge in [-0.3, -0.25) is 9.59 Å². The molecule has 0 bridgehead atoms. The monoisotopic (exact) mass is 262 g/mol. The average Bonchev–Trinajstić information content (AvgIpc) is 2.35. The van der Waals surface area contributed by atoms with E-state index in [4.69, 9.17) is 4.74 Å². The number of methoxy groups -OCH3 is 1. The van der Waals surface area contributed by atoms with Gasteiger partial charge in [0, 0.05) is 6.07 Å². The maximum Gasteiger partial charge on any atom is 0.238 e. The van der Waals surface area contributed by atoms with Gasteiger partial charge in [0.15, 0.2) is 0 Å². The van der Waals surface area contributed by atoms with Gasteiger partial charge >= 0.3 is 0 Å². The lowest BCUT2D eigenvalue weighted by Gasteiger charge is -2.23. The Morgan fingerprint density at radius 3 is 2.47 bits per heavy atom. The molecule has 100 valence electrons. The molecular weight excluding hydrogens is 248 g/mol. The molecule has 1 fully saturated rings. The van der Waals surface area contributed by atoms with Crippen LogP contribution in [0.4, 0.5) is 0 Å². The number of carbonyl (C=O) groups excluding carboxylic acids is 2. The van der Waals surface area contributed by atoms with Gasteiger partial charge in [-0.05, 0) is 18.1 Å². The third-order valence-corrected chi connectivity index (χ3v) is 2.90. The molecule has 2 rings (SSSR count). The summed E-state index contributed by atoms with van der Waals surface area (Å²) in [6.45, 7) is 3.47. The second-order valence-electron chi connectivity index (χ2n) is 4.21. The quantitative estimate of drug-likeness (QED) is 0.683. The zero-order valence-electron chi connectivity index (χ0n) is 10.4. The first-order valence-corrected chi connectivity index (χ1v) is 5.67. The molecule has 0 aromatic heterocycles. The number of phenols is 1. The highest BCUT2D eigenvalue weighted by Gasteiger charge is 2.32. The van der Waals surface area contributed by atoms with Crippen molar-refractivity contribution < 1.29 is 19.4 Å². The van der Waals surface area contributed by atoms with Gasteiger partial charge in [-0.1, -0.05) is 12.6 Å². The number of benzene rings is 1. The van der Waals surface area contributed by atoms with E-state index in [2.05, 4.69) is 17.2 Å². The van der Waals surface area contributed by atoms with Crippen molar-refractivity contribution in [3.05, 3.63) is 36.2 Å². The number of carbonyl (C=O) groups is 2. The lowest BCUT2D eigenvalue weighted by molar-refractivity contribution is -0.136. The van der Waals surface area contributed by atoms with Crippen molar-refractivity contribution >= 4 is 11.8 Å². The average molecular weight is 262 g/mol. The fourth-order valence-electron chi connectivity index (χ4n) is 1.87. The second kappa shape index (κ2) is 5.01. The Labute approximate surface area is 110 Å². The standard InChI is InChI=1S/C13H14N2O4/c1-7-14-12(17)10(13(18)15-7)5-8-3-4-9(19-2)6-11(8)16/h3-4,6,10,16H,1,5H2,2H3,(H,14,17)(H,15,18). The van der Waals surface area contributed by atoms with Crippen molar-refractivity contribution in [1.29, 1.82) is 0 Å². The Balaban J connectivity index is 2.19. The van der Waals surface area contributed by atoms with Gasteiger partial charge in [0.2, 0.25) is 11.8 Å². The molecular formula is C13H14N2O4. The van der Waals surface area contributed by atoms with Crippen LogP contribution in [0.2, 0.25) is 0 Å². The van der Waals surface area contributed by atoms with Crippen molar-refractivity contribution in [3.8, 4) is 11.5 Å². The third kappa shape index (κ3) is 2.67. The molecule has 6 heteroatoms.